The van der Waals surface area contributed by atoms with Gasteiger partial charge in [0.1, 0.15) is 5.60 Å². The number of hydrogen-bond donors (Lipinski definition) is 0. The lowest BCUT2D eigenvalue weighted by Crippen LogP contribution is -2.42. The summed E-state index contributed by atoms with van der Waals surface area (Å²) >= 11 is 0. The van der Waals surface area contributed by atoms with Crippen molar-refractivity contribution in [3.05, 3.63) is 60.2 Å². The zero-order chi connectivity index (χ0) is 18.6. The summed E-state index contributed by atoms with van der Waals surface area (Å²) in [5.74, 6) is 0.610. The van der Waals surface area contributed by atoms with E-state index >= 15 is 0 Å². The van der Waals surface area contributed by atoms with Crippen molar-refractivity contribution in [1.82, 2.24) is 4.90 Å². The fourth-order valence-electron chi connectivity index (χ4n) is 3.55. The average Bonchev–Trinajstić information content (AvgIpc) is 2.62. The monoisotopic (exact) mass is 351 g/mol. The highest BCUT2D eigenvalue weighted by atomic mass is 16.6. The summed E-state index contributed by atoms with van der Waals surface area (Å²) < 4.78 is 5.49. The Kier molecular flexibility index (Phi) is 5.65. The van der Waals surface area contributed by atoms with Crippen molar-refractivity contribution in [1.29, 1.82) is 0 Å². The molecule has 3 heteroatoms. The van der Waals surface area contributed by atoms with Crippen molar-refractivity contribution in [2.75, 3.05) is 13.1 Å². The second kappa shape index (κ2) is 7.94. The topological polar surface area (TPSA) is 29.5 Å². The van der Waals surface area contributed by atoms with E-state index in [0.29, 0.717) is 5.92 Å². The van der Waals surface area contributed by atoms with Crippen LogP contribution in [0.25, 0.3) is 11.1 Å². The summed E-state index contributed by atoms with van der Waals surface area (Å²) in [7, 11) is 0. The molecule has 0 spiro atoms. The van der Waals surface area contributed by atoms with Crippen LogP contribution in [0.4, 0.5) is 4.79 Å². The van der Waals surface area contributed by atoms with Crippen LogP contribution < -0.4 is 0 Å². The minimum absolute atomic E-state index is 0.180. The van der Waals surface area contributed by atoms with Gasteiger partial charge in [0.15, 0.2) is 0 Å². The predicted molar refractivity (Wildman–Crippen MR) is 106 cm³/mol. The van der Waals surface area contributed by atoms with E-state index in [9.17, 15) is 4.79 Å². The molecule has 2 aromatic rings. The molecule has 0 bridgehead atoms. The Hall–Kier alpha value is -2.29. The summed E-state index contributed by atoms with van der Waals surface area (Å²) in [6.07, 6.45) is 2.94. The van der Waals surface area contributed by atoms with E-state index in [2.05, 4.69) is 54.6 Å². The molecule has 138 valence electrons. The molecule has 1 heterocycles. The van der Waals surface area contributed by atoms with Gasteiger partial charge < -0.3 is 9.64 Å². The van der Waals surface area contributed by atoms with E-state index in [0.717, 1.165) is 32.4 Å². The van der Waals surface area contributed by atoms with Gasteiger partial charge in [-0.25, -0.2) is 4.79 Å². The maximum absolute atomic E-state index is 12.2. The van der Waals surface area contributed by atoms with Gasteiger partial charge in [0.25, 0.3) is 0 Å². The second-order valence-corrected chi connectivity index (χ2v) is 8.14. The molecule has 26 heavy (non-hydrogen) atoms. The molecule has 0 N–H and O–H groups in total. The minimum Gasteiger partial charge on any atom is -0.444 e. The Morgan fingerprint density at radius 2 is 1.62 bits per heavy atom. The third-order valence-corrected chi connectivity index (χ3v) is 4.88. The lowest BCUT2D eigenvalue weighted by atomic mass is 9.87. The maximum atomic E-state index is 12.2. The number of rotatable bonds is 3. The van der Waals surface area contributed by atoms with Gasteiger partial charge >= 0.3 is 6.09 Å². The number of nitrogens with zero attached hydrogens (tertiary/aromatic N) is 1. The van der Waals surface area contributed by atoms with Crippen LogP contribution in [-0.2, 0) is 11.2 Å². The fraction of sp³-hybridized carbons (Fsp3) is 0.435. The van der Waals surface area contributed by atoms with Gasteiger partial charge in [0.05, 0.1) is 0 Å². The first-order chi connectivity index (χ1) is 12.4. The Balaban J connectivity index is 1.62. The molecule has 3 nitrogen and oxygen atoms in total. The standard InChI is InChI=1S/C23H29NO2/c1-23(2,3)26-22(25)24-15-13-18(14-16-24)17-20-11-7-8-12-21(20)19-9-5-4-6-10-19/h4-12,18H,13-17H2,1-3H3. The van der Waals surface area contributed by atoms with Crippen molar-refractivity contribution in [3.63, 3.8) is 0 Å². The highest BCUT2D eigenvalue weighted by Crippen LogP contribution is 2.29. The predicted octanol–water partition coefficient (Wildman–Crippen LogP) is 5.54. The van der Waals surface area contributed by atoms with Crippen LogP contribution in [0.3, 0.4) is 0 Å². The summed E-state index contributed by atoms with van der Waals surface area (Å²) in [5, 5.41) is 0. The number of likely N-dealkylation sites (tertiary alicyclic amines) is 1. The third kappa shape index (κ3) is 4.87. The smallest absolute Gasteiger partial charge is 0.410 e. The first-order valence-electron chi connectivity index (χ1n) is 9.53. The van der Waals surface area contributed by atoms with E-state index < -0.39 is 5.60 Å². The molecule has 0 aliphatic carbocycles. The van der Waals surface area contributed by atoms with Crippen molar-refractivity contribution in [3.8, 4) is 11.1 Å². The van der Waals surface area contributed by atoms with Gasteiger partial charge in [0, 0.05) is 13.1 Å². The molecule has 1 aliphatic rings. The van der Waals surface area contributed by atoms with E-state index in [1.165, 1.54) is 16.7 Å². The molecule has 1 saturated heterocycles. The highest BCUT2D eigenvalue weighted by molar-refractivity contribution is 5.68. The number of carbonyl (C=O) groups is 1. The van der Waals surface area contributed by atoms with Crippen molar-refractivity contribution in [2.24, 2.45) is 5.92 Å². The average molecular weight is 351 g/mol. The molecule has 1 amide bonds. The quantitative estimate of drug-likeness (QED) is 0.726. The molecule has 2 aromatic carbocycles. The van der Waals surface area contributed by atoms with Crippen LogP contribution in [0.5, 0.6) is 0 Å². The van der Waals surface area contributed by atoms with Gasteiger partial charge in [-0.3, -0.25) is 0 Å². The molecule has 0 unspecified atom stereocenters. The van der Waals surface area contributed by atoms with Crippen LogP contribution in [0, 0.1) is 5.92 Å². The number of carbonyl (C=O) groups excluding carboxylic acids is 1. The summed E-state index contributed by atoms with van der Waals surface area (Å²) in [4.78, 5) is 14.1. The van der Waals surface area contributed by atoms with Crippen LogP contribution in [-0.4, -0.2) is 29.7 Å². The second-order valence-electron chi connectivity index (χ2n) is 8.14. The van der Waals surface area contributed by atoms with Gasteiger partial charge in [-0.15, -0.1) is 0 Å². The molecule has 0 radical (unpaired) electrons. The van der Waals surface area contributed by atoms with Crippen molar-refractivity contribution in [2.45, 2.75) is 45.6 Å². The van der Waals surface area contributed by atoms with E-state index in [1.807, 2.05) is 25.7 Å². The molecule has 3 rings (SSSR count). The molecular formula is C23H29NO2. The van der Waals surface area contributed by atoms with Crippen molar-refractivity contribution < 1.29 is 9.53 Å². The van der Waals surface area contributed by atoms with E-state index in [4.69, 9.17) is 4.74 Å². The zero-order valence-corrected chi connectivity index (χ0v) is 16.1. The highest BCUT2D eigenvalue weighted by Gasteiger charge is 2.27. The molecule has 0 saturated carbocycles. The first kappa shape index (κ1) is 18.5. The van der Waals surface area contributed by atoms with Gasteiger partial charge in [-0.2, -0.15) is 0 Å². The number of piperidine rings is 1. The molecule has 0 aromatic heterocycles. The Labute approximate surface area is 157 Å². The fourth-order valence-corrected chi connectivity index (χ4v) is 3.55. The normalized spacial score (nSPS) is 15.7. The summed E-state index contributed by atoms with van der Waals surface area (Å²) in [6, 6.07) is 19.3. The molecule has 1 aliphatic heterocycles. The number of amides is 1. The Morgan fingerprint density at radius 3 is 2.27 bits per heavy atom. The number of ether oxygens (including phenoxy) is 1. The van der Waals surface area contributed by atoms with Gasteiger partial charge in [-0.05, 0) is 62.6 Å². The Bertz CT molecular complexity index is 725. The summed E-state index contributed by atoms with van der Waals surface area (Å²) in [5.41, 5.74) is 3.56. The van der Waals surface area contributed by atoms with Gasteiger partial charge in [0.2, 0.25) is 0 Å². The van der Waals surface area contributed by atoms with Crippen LogP contribution in [0.2, 0.25) is 0 Å². The molecule has 0 atom stereocenters. The maximum Gasteiger partial charge on any atom is 0.410 e. The van der Waals surface area contributed by atoms with E-state index in [-0.39, 0.29) is 6.09 Å². The van der Waals surface area contributed by atoms with Crippen molar-refractivity contribution >= 4 is 6.09 Å². The van der Waals surface area contributed by atoms with Crippen LogP contribution in [0.1, 0.15) is 39.2 Å². The van der Waals surface area contributed by atoms with Gasteiger partial charge in [-0.1, -0.05) is 54.6 Å². The van der Waals surface area contributed by atoms with Crippen LogP contribution in [0.15, 0.2) is 54.6 Å². The Morgan fingerprint density at radius 1 is 1.00 bits per heavy atom. The minimum atomic E-state index is -0.428. The summed E-state index contributed by atoms with van der Waals surface area (Å²) in [6.45, 7) is 7.31. The number of benzene rings is 2. The van der Waals surface area contributed by atoms with E-state index in [1.54, 1.807) is 0 Å². The van der Waals surface area contributed by atoms with Crippen LogP contribution >= 0.6 is 0 Å². The third-order valence-electron chi connectivity index (χ3n) is 4.88. The SMILES string of the molecule is CC(C)(C)OC(=O)N1CCC(Cc2ccccc2-c2ccccc2)CC1. The lowest BCUT2D eigenvalue weighted by molar-refractivity contribution is 0.0184. The number of hydrogen-bond acceptors (Lipinski definition) is 2. The molecular weight excluding hydrogens is 322 g/mol. The first-order valence-corrected chi connectivity index (χ1v) is 9.53. The molecule has 1 fully saturated rings. The lowest BCUT2D eigenvalue weighted by Gasteiger charge is -2.33. The largest absolute Gasteiger partial charge is 0.444 e. The zero-order valence-electron chi connectivity index (χ0n) is 16.1.